The first-order chi connectivity index (χ1) is 5.57. The molecule has 0 radical (unpaired) electrons. The predicted molar refractivity (Wildman–Crippen MR) is 55.8 cm³/mol. The van der Waals surface area contributed by atoms with Crippen LogP contribution in [0.4, 0.5) is 0 Å². The van der Waals surface area contributed by atoms with Crippen molar-refractivity contribution in [3.63, 3.8) is 0 Å². The maximum Gasteiger partial charge on any atom is 0.0735 e. The molecule has 1 aliphatic rings. The van der Waals surface area contributed by atoms with Gasteiger partial charge in [0.2, 0.25) is 0 Å². The summed E-state index contributed by atoms with van der Waals surface area (Å²) in [5.41, 5.74) is 0. The molecule has 2 nitrogen and oxygen atoms in total. The quantitative estimate of drug-likeness (QED) is 0.656. The van der Waals surface area contributed by atoms with Gasteiger partial charge in [0.1, 0.15) is 0 Å². The highest BCUT2D eigenvalue weighted by Crippen LogP contribution is 2.37. The van der Waals surface area contributed by atoms with E-state index in [-0.39, 0.29) is 0 Å². The number of hydrogen-bond acceptors (Lipinski definition) is 3. The minimum Gasteiger partial charge on any atom is -0.231 e. The Labute approximate surface area is 80.3 Å². The van der Waals surface area contributed by atoms with E-state index in [1.54, 1.807) is 0 Å². The lowest BCUT2D eigenvalue weighted by Gasteiger charge is -2.27. The summed E-state index contributed by atoms with van der Waals surface area (Å²) in [6.45, 7) is 6.84. The van der Waals surface area contributed by atoms with Crippen LogP contribution in [0.2, 0.25) is 0 Å². The van der Waals surface area contributed by atoms with Crippen LogP contribution in [0.5, 0.6) is 0 Å². The summed E-state index contributed by atoms with van der Waals surface area (Å²) >= 11 is 2.09. The van der Waals surface area contributed by atoms with E-state index in [1.165, 1.54) is 6.42 Å². The Morgan fingerprint density at radius 2 is 1.83 bits per heavy atom. The van der Waals surface area contributed by atoms with Crippen molar-refractivity contribution in [2.75, 3.05) is 14.1 Å². The van der Waals surface area contributed by atoms with Gasteiger partial charge in [0, 0.05) is 14.1 Å². The summed E-state index contributed by atoms with van der Waals surface area (Å²) in [5.74, 6) is 0.735. The first-order valence-corrected chi connectivity index (χ1v) is 5.63. The molecule has 2 atom stereocenters. The molecule has 1 saturated heterocycles. The van der Waals surface area contributed by atoms with Gasteiger partial charge < -0.3 is 0 Å². The Morgan fingerprint density at radius 3 is 2.08 bits per heavy atom. The van der Waals surface area contributed by atoms with Crippen molar-refractivity contribution in [3.05, 3.63) is 0 Å². The van der Waals surface area contributed by atoms with E-state index in [0.29, 0.717) is 10.7 Å². The van der Waals surface area contributed by atoms with Crippen molar-refractivity contribution in [2.45, 2.75) is 37.9 Å². The van der Waals surface area contributed by atoms with E-state index in [4.69, 9.17) is 0 Å². The van der Waals surface area contributed by atoms with Crippen LogP contribution in [-0.2, 0) is 0 Å². The predicted octanol–water partition coefficient (Wildman–Crippen LogP) is 2.23. The lowest BCUT2D eigenvalue weighted by molar-refractivity contribution is 0.0136. The average molecular weight is 188 g/mol. The maximum atomic E-state index is 2.36. The van der Waals surface area contributed by atoms with E-state index in [9.17, 15) is 0 Å². The van der Waals surface area contributed by atoms with E-state index < -0.39 is 0 Å². The summed E-state index contributed by atoms with van der Waals surface area (Å²) in [7, 11) is 4.37. The van der Waals surface area contributed by atoms with Crippen LogP contribution in [0.3, 0.4) is 0 Å². The molecule has 1 rings (SSSR count). The topological polar surface area (TPSA) is 6.48 Å². The van der Waals surface area contributed by atoms with Crippen molar-refractivity contribution in [2.24, 2.45) is 5.92 Å². The first kappa shape index (κ1) is 10.4. The largest absolute Gasteiger partial charge is 0.231 e. The summed E-state index contributed by atoms with van der Waals surface area (Å²) in [5, 5.41) is 6.07. The third-order valence-electron chi connectivity index (χ3n) is 2.50. The zero-order valence-electron chi connectivity index (χ0n) is 8.74. The molecular formula is C9H20N2S. The number of hydrazine groups is 1. The lowest BCUT2D eigenvalue weighted by Crippen LogP contribution is -2.39. The molecule has 3 heteroatoms. The van der Waals surface area contributed by atoms with E-state index >= 15 is 0 Å². The van der Waals surface area contributed by atoms with E-state index in [2.05, 4.69) is 56.6 Å². The van der Waals surface area contributed by atoms with Crippen molar-refractivity contribution in [3.8, 4) is 0 Å². The molecule has 0 bridgehead atoms. The van der Waals surface area contributed by atoms with Gasteiger partial charge in [0.25, 0.3) is 0 Å². The molecule has 72 valence electrons. The monoisotopic (exact) mass is 188 g/mol. The maximum absolute atomic E-state index is 2.36. The normalized spacial score (nSPS) is 33.5. The van der Waals surface area contributed by atoms with Crippen molar-refractivity contribution in [1.29, 1.82) is 0 Å². The Kier molecular flexibility index (Phi) is 3.44. The molecule has 1 fully saturated rings. The molecule has 0 amide bonds. The molecule has 1 aliphatic heterocycles. The van der Waals surface area contributed by atoms with Gasteiger partial charge in [0.05, 0.1) is 10.7 Å². The number of thioether (sulfide) groups is 1. The second kappa shape index (κ2) is 3.99. The van der Waals surface area contributed by atoms with Gasteiger partial charge in [-0.15, -0.1) is 11.8 Å². The van der Waals surface area contributed by atoms with Crippen LogP contribution in [0.25, 0.3) is 0 Å². The number of nitrogens with zero attached hydrogens (tertiary/aromatic N) is 2. The van der Waals surface area contributed by atoms with Crippen molar-refractivity contribution < 1.29 is 0 Å². The Bertz CT molecular complexity index is 149. The molecule has 1 heterocycles. The molecule has 0 aromatic carbocycles. The second-order valence-corrected chi connectivity index (χ2v) is 5.08. The zero-order chi connectivity index (χ0) is 9.30. The van der Waals surface area contributed by atoms with Crippen LogP contribution in [-0.4, -0.2) is 34.9 Å². The molecule has 0 saturated carbocycles. The molecule has 0 N–H and O–H groups in total. The third kappa shape index (κ3) is 1.78. The van der Waals surface area contributed by atoms with E-state index in [0.717, 1.165) is 5.92 Å². The van der Waals surface area contributed by atoms with Crippen molar-refractivity contribution >= 4 is 11.8 Å². The fourth-order valence-electron chi connectivity index (χ4n) is 1.67. The Balaban J connectivity index is 2.60. The fourth-order valence-corrected chi connectivity index (χ4v) is 3.15. The van der Waals surface area contributed by atoms with Gasteiger partial charge in [-0.3, -0.25) is 0 Å². The minimum atomic E-state index is 0.667. The van der Waals surface area contributed by atoms with Crippen molar-refractivity contribution in [1.82, 2.24) is 10.0 Å². The van der Waals surface area contributed by atoms with E-state index in [1.807, 2.05) is 0 Å². The van der Waals surface area contributed by atoms with Gasteiger partial charge in [-0.1, -0.05) is 20.8 Å². The summed E-state index contributed by atoms with van der Waals surface area (Å²) < 4.78 is 0. The van der Waals surface area contributed by atoms with Gasteiger partial charge in [-0.05, 0) is 12.3 Å². The standard InChI is InChI=1S/C9H20N2S/c1-6-8-10(4)11(5)9(12-8)7(2)3/h7-9H,6H2,1-5H3. The highest BCUT2D eigenvalue weighted by Gasteiger charge is 2.35. The first-order valence-electron chi connectivity index (χ1n) is 4.69. The summed E-state index contributed by atoms with van der Waals surface area (Å²) in [4.78, 5) is 0. The lowest BCUT2D eigenvalue weighted by atomic mass is 10.2. The molecule has 0 spiro atoms. The highest BCUT2D eigenvalue weighted by molar-refractivity contribution is 8.00. The van der Waals surface area contributed by atoms with Crippen LogP contribution < -0.4 is 0 Å². The van der Waals surface area contributed by atoms with Crippen LogP contribution >= 0.6 is 11.8 Å². The SMILES string of the molecule is CCC1SC(C(C)C)N(C)N1C. The number of hydrogen-bond donors (Lipinski definition) is 0. The fraction of sp³-hybridized carbons (Fsp3) is 1.00. The average Bonchev–Trinajstić information content (AvgIpc) is 2.30. The van der Waals surface area contributed by atoms with Crippen LogP contribution in [0.15, 0.2) is 0 Å². The smallest absolute Gasteiger partial charge is 0.0735 e. The molecule has 0 aromatic heterocycles. The molecule has 12 heavy (non-hydrogen) atoms. The number of rotatable bonds is 2. The van der Waals surface area contributed by atoms with Gasteiger partial charge in [0.15, 0.2) is 0 Å². The second-order valence-electron chi connectivity index (χ2n) is 3.78. The van der Waals surface area contributed by atoms with Gasteiger partial charge in [-0.25, -0.2) is 10.0 Å². The van der Waals surface area contributed by atoms with Gasteiger partial charge in [-0.2, -0.15) is 0 Å². The van der Waals surface area contributed by atoms with Gasteiger partial charge >= 0.3 is 0 Å². The summed E-state index contributed by atoms with van der Waals surface area (Å²) in [6, 6.07) is 0. The molecular weight excluding hydrogens is 168 g/mol. The third-order valence-corrected chi connectivity index (χ3v) is 4.58. The highest BCUT2D eigenvalue weighted by atomic mass is 32.2. The minimum absolute atomic E-state index is 0.667. The zero-order valence-corrected chi connectivity index (χ0v) is 9.56. The Morgan fingerprint density at radius 1 is 1.25 bits per heavy atom. The Hall–Kier alpha value is 0.270. The molecule has 2 unspecified atom stereocenters. The van der Waals surface area contributed by atoms with Crippen LogP contribution in [0, 0.1) is 5.92 Å². The summed E-state index contributed by atoms with van der Waals surface area (Å²) in [6.07, 6.45) is 1.23. The van der Waals surface area contributed by atoms with Crippen LogP contribution in [0.1, 0.15) is 27.2 Å². The molecule has 0 aliphatic carbocycles. The molecule has 0 aromatic rings.